The first kappa shape index (κ1) is 6.69. The Kier molecular flexibility index (Phi) is 2.68. The van der Waals surface area contributed by atoms with Crippen LogP contribution in [-0.2, 0) is 4.79 Å². The number of hydrogen-bond donors (Lipinski definition) is 1. The molecule has 0 aliphatic carbocycles. The van der Waals surface area contributed by atoms with Crippen molar-refractivity contribution in [1.29, 1.82) is 0 Å². The van der Waals surface area contributed by atoms with Gasteiger partial charge in [-0.3, -0.25) is 4.79 Å². The molecule has 0 saturated heterocycles. The summed E-state index contributed by atoms with van der Waals surface area (Å²) in [6, 6.07) is 0. The number of ketones is 1. The highest BCUT2D eigenvalue weighted by molar-refractivity contribution is 6.23. The van der Waals surface area contributed by atoms with Crippen molar-refractivity contribution in [3.05, 3.63) is 0 Å². The van der Waals surface area contributed by atoms with Crippen LogP contribution in [0.3, 0.4) is 0 Å². The topological polar surface area (TPSA) is 29.1 Å². The van der Waals surface area contributed by atoms with Crippen molar-refractivity contribution in [1.82, 2.24) is 5.32 Å². The van der Waals surface area contributed by atoms with Gasteiger partial charge in [0.1, 0.15) is 13.6 Å². The molecule has 7 heavy (non-hydrogen) atoms. The summed E-state index contributed by atoms with van der Waals surface area (Å²) in [6.45, 7) is 1.45. The lowest BCUT2D eigenvalue weighted by Crippen LogP contribution is -2.32. The van der Waals surface area contributed by atoms with Crippen molar-refractivity contribution in [3.8, 4) is 0 Å². The lowest BCUT2D eigenvalue weighted by atomic mass is 9.93. The van der Waals surface area contributed by atoms with Crippen LogP contribution in [0, 0.1) is 0 Å². The maximum Gasteiger partial charge on any atom is 0.137 e. The third kappa shape index (κ3) is 2.40. The third-order valence-corrected chi connectivity index (χ3v) is 0.749. The molecule has 0 rings (SSSR count). The molecule has 0 amide bonds. The molecule has 0 bridgehead atoms. The fraction of sp³-hybridized carbons (Fsp3) is 0.750. The van der Waals surface area contributed by atoms with E-state index in [1.54, 1.807) is 7.05 Å². The van der Waals surface area contributed by atoms with Crippen LogP contribution in [0.1, 0.15) is 6.92 Å². The van der Waals surface area contributed by atoms with E-state index in [0.717, 1.165) is 0 Å². The van der Waals surface area contributed by atoms with E-state index in [1.807, 2.05) is 0 Å². The largest absolute Gasteiger partial charge is 0.318 e. The average molecular weight is 96.9 g/mol. The summed E-state index contributed by atoms with van der Waals surface area (Å²) in [4.78, 5) is 10.2. The van der Waals surface area contributed by atoms with Crippen molar-refractivity contribution in [2.75, 3.05) is 7.05 Å². The van der Waals surface area contributed by atoms with E-state index < -0.39 is 5.94 Å². The minimum Gasteiger partial charge on any atom is -0.318 e. The molecule has 1 atom stereocenters. The van der Waals surface area contributed by atoms with Crippen LogP contribution in [0.25, 0.3) is 0 Å². The average Bonchev–Trinajstić information content (AvgIpc) is 1.65. The van der Waals surface area contributed by atoms with Crippen LogP contribution in [0.5, 0.6) is 0 Å². The minimum atomic E-state index is -0.486. The van der Waals surface area contributed by atoms with Gasteiger partial charge in [0.25, 0.3) is 0 Å². The van der Waals surface area contributed by atoms with Gasteiger partial charge in [-0.25, -0.2) is 0 Å². The lowest BCUT2D eigenvalue weighted by molar-refractivity contribution is -0.117. The van der Waals surface area contributed by atoms with Crippen LogP contribution < -0.4 is 5.32 Å². The highest BCUT2D eigenvalue weighted by Gasteiger charge is 1.99. The molecule has 0 aromatic carbocycles. The fourth-order valence-electron chi connectivity index (χ4n) is 0.203. The summed E-state index contributed by atoms with van der Waals surface area (Å²) in [5, 5.41) is 2.59. The Morgan fingerprint density at radius 1 is 1.86 bits per heavy atom. The molecule has 2 nitrogen and oxygen atoms in total. The van der Waals surface area contributed by atoms with E-state index in [0.29, 0.717) is 0 Å². The first-order valence-electron chi connectivity index (χ1n) is 2.11. The fourth-order valence-corrected chi connectivity index (χ4v) is 0.203. The summed E-state index contributed by atoms with van der Waals surface area (Å²) in [5.41, 5.74) is 0. The summed E-state index contributed by atoms with van der Waals surface area (Å²) >= 11 is 0. The second-order valence-electron chi connectivity index (χ2n) is 1.38. The number of carbonyl (C=O) groups is 1. The molecule has 0 aliphatic rings. The normalized spacial score (nSPS) is 13.4. The van der Waals surface area contributed by atoms with E-state index in [4.69, 9.17) is 7.85 Å². The van der Waals surface area contributed by atoms with Gasteiger partial charge in [0.05, 0.1) is 0 Å². The maximum absolute atomic E-state index is 10.2. The number of carbonyl (C=O) groups excluding carboxylic acids is 1. The predicted molar refractivity (Wildman–Crippen MR) is 29.3 cm³/mol. The van der Waals surface area contributed by atoms with Crippen molar-refractivity contribution in [3.63, 3.8) is 0 Å². The third-order valence-electron chi connectivity index (χ3n) is 0.749. The van der Waals surface area contributed by atoms with Gasteiger partial charge in [0.15, 0.2) is 0 Å². The molecule has 0 aromatic rings. The summed E-state index contributed by atoms with van der Waals surface area (Å²) in [5.74, 6) is -0.525. The zero-order valence-electron chi connectivity index (χ0n) is 4.56. The number of hydrogen-bond acceptors (Lipinski definition) is 2. The van der Waals surface area contributed by atoms with Crippen molar-refractivity contribution < 1.29 is 4.79 Å². The zero-order valence-corrected chi connectivity index (χ0v) is 4.56. The Hall–Kier alpha value is -0.305. The Bertz CT molecular complexity index is 74.1. The molecule has 2 radical (unpaired) electrons. The molecule has 0 spiro atoms. The second kappa shape index (κ2) is 2.80. The van der Waals surface area contributed by atoms with Gasteiger partial charge in [0.2, 0.25) is 0 Å². The lowest BCUT2D eigenvalue weighted by Gasteiger charge is -2.01. The van der Waals surface area contributed by atoms with Gasteiger partial charge in [-0.2, -0.15) is 0 Å². The molecule has 0 aliphatic heterocycles. The maximum atomic E-state index is 10.2. The van der Waals surface area contributed by atoms with Gasteiger partial charge in [0, 0.05) is 5.94 Å². The van der Waals surface area contributed by atoms with Crippen molar-refractivity contribution >= 4 is 13.6 Å². The number of likely N-dealkylation sites (N-methyl/N-ethyl adjacent to an activating group) is 1. The summed E-state index contributed by atoms with van der Waals surface area (Å²) in [7, 11) is 6.80. The summed E-state index contributed by atoms with van der Waals surface area (Å²) in [6.07, 6.45) is 0. The molecule has 0 fully saturated rings. The van der Waals surface area contributed by atoms with Crippen molar-refractivity contribution in [2.24, 2.45) is 0 Å². The van der Waals surface area contributed by atoms with Gasteiger partial charge in [-0.1, -0.05) is 0 Å². The Labute approximate surface area is 44.7 Å². The smallest absolute Gasteiger partial charge is 0.137 e. The first-order chi connectivity index (χ1) is 3.18. The van der Waals surface area contributed by atoms with Crippen LogP contribution >= 0.6 is 0 Å². The Morgan fingerprint density at radius 2 is 2.29 bits per heavy atom. The standard InChI is InChI=1S/C4H8BNO/c1-3(7)4(5)6-2/h4,6H,1-2H3. The Balaban J connectivity index is 3.34. The quantitative estimate of drug-likeness (QED) is 0.461. The number of nitrogens with one attached hydrogen (secondary N) is 1. The molecule has 1 unspecified atom stereocenters. The second-order valence-corrected chi connectivity index (χ2v) is 1.38. The predicted octanol–water partition coefficient (Wildman–Crippen LogP) is -0.711. The van der Waals surface area contributed by atoms with Crippen LogP contribution in [0.15, 0.2) is 0 Å². The minimum absolute atomic E-state index is 0.0394. The van der Waals surface area contributed by atoms with Gasteiger partial charge < -0.3 is 5.32 Å². The van der Waals surface area contributed by atoms with Crippen LogP contribution in [0.2, 0.25) is 0 Å². The van der Waals surface area contributed by atoms with Crippen molar-refractivity contribution in [2.45, 2.75) is 12.9 Å². The van der Waals surface area contributed by atoms with E-state index in [-0.39, 0.29) is 5.78 Å². The van der Waals surface area contributed by atoms with Crippen LogP contribution in [0.4, 0.5) is 0 Å². The molecule has 3 heteroatoms. The van der Waals surface area contributed by atoms with E-state index in [9.17, 15) is 4.79 Å². The van der Waals surface area contributed by atoms with E-state index in [2.05, 4.69) is 5.32 Å². The summed E-state index contributed by atoms with van der Waals surface area (Å²) < 4.78 is 0. The monoisotopic (exact) mass is 97.1 g/mol. The molecular formula is C4H8BNO. The first-order valence-corrected chi connectivity index (χ1v) is 2.11. The highest BCUT2D eigenvalue weighted by atomic mass is 16.1. The van der Waals surface area contributed by atoms with E-state index >= 15 is 0 Å². The molecule has 0 saturated carbocycles. The SMILES string of the molecule is [B]C(NC)C(C)=O. The number of rotatable bonds is 2. The molecule has 38 valence electrons. The molecule has 0 aromatic heterocycles. The van der Waals surface area contributed by atoms with Gasteiger partial charge >= 0.3 is 0 Å². The van der Waals surface area contributed by atoms with Gasteiger partial charge in [-0.15, -0.1) is 0 Å². The van der Waals surface area contributed by atoms with E-state index in [1.165, 1.54) is 6.92 Å². The zero-order chi connectivity index (χ0) is 5.86. The Morgan fingerprint density at radius 3 is 2.29 bits per heavy atom. The molecule has 1 N–H and O–H groups in total. The van der Waals surface area contributed by atoms with Gasteiger partial charge in [-0.05, 0) is 14.0 Å². The highest BCUT2D eigenvalue weighted by Crippen LogP contribution is 1.72. The number of Topliss-reactive ketones (excluding diaryl/α,β-unsaturated/α-hetero) is 1. The molecular weight excluding hydrogens is 88.9 g/mol. The van der Waals surface area contributed by atoms with Crippen LogP contribution in [-0.4, -0.2) is 26.6 Å². The molecule has 0 heterocycles.